The van der Waals surface area contributed by atoms with Gasteiger partial charge in [-0.1, -0.05) is 0 Å². The summed E-state index contributed by atoms with van der Waals surface area (Å²) in [6.07, 6.45) is 1.80. The quantitative estimate of drug-likeness (QED) is 0.625. The van der Waals surface area contributed by atoms with Gasteiger partial charge in [-0.3, -0.25) is 4.79 Å². The third-order valence-corrected chi connectivity index (χ3v) is 1.73. The molecule has 0 radical (unpaired) electrons. The number of Topliss-reactive ketones (excluding diaryl/α,β-unsaturated/α-hetero) is 1. The van der Waals surface area contributed by atoms with E-state index in [2.05, 4.69) is 0 Å². The van der Waals surface area contributed by atoms with Crippen molar-refractivity contribution < 1.29 is 13.6 Å². The largest absolute Gasteiger partial charge is 0.300 e. The maximum absolute atomic E-state index is 12.9. The minimum atomic E-state index is -0.575. The van der Waals surface area contributed by atoms with E-state index in [1.54, 1.807) is 0 Å². The first-order valence-electron chi connectivity index (χ1n) is 3.84. The second kappa shape index (κ2) is 3.61. The lowest BCUT2D eigenvalue weighted by atomic mass is 10.0. The van der Waals surface area contributed by atoms with Crippen LogP contribution in [0, 0.1) is 0 Å². The van der Waals surface area contributed by atoms with Gasteiger partial charge in [0.05, 0.1) is 0 Å². The lowest BCUT2D eigenvalue weighted by molar-refractivity contribution is -0.116. The molecule has 0 saturated heterocycles. The van der Waals surface area contributed by atoms with E-state index in [-0.39, 0.29) is 24.2 Å². The molecule has 1 rings (SSSR count). The molecule has 0 heterocycles. The Morgan fingerprint density at radius 2 is 2.25 bits per heavy atom. The van der Waals surface area contributed by atoms with Crippen molar-refractivity contribution >= 4 is 5.78 Å². The number of rotatable bonds is 2. The number of halogens is 2. The Bertz CT molecular complexity index is 264. The summed E-state index contributed by atoms with van der Waals surface area (Å²) in [6.45, 7) is 1.32. The van der Waals surface area contributed by atoms with E-state index >= 15 is 0 Å². The number of ketones is 1. The number of allylic oxidation sites excluding steroid dienone is 4. The van der Waals surface area contributed by atoms with Gasteiger partial charge in [-0.15, -0.1) is 0 Å². The molecule has 0 saturated carbocycles. The predicted molar refractivity (Wildman–Crippen MR) is 41.9 cm³/mol. The molecule has 1 aliphatic carbocycles. The second-order valence-electron chi connectivity index (χ2n) is 2.85. The molecule has 3 heteroatoms. The Hall–Kier alpha value is -0.990. The van der Waals surface area contributed by atoms with Crippen molar-refractivity contribution in [2.45, 2.75) is 26.2 Å². The van der Waals surface area contributed by atoms with Gasteiger partial charge in [0, 0.05) is 18.4 Å². The van der Waals surface area contributed by atoms with Gasteiger partial charge in [0.15, 0.2) is 0 Å². The van der Waals surface area contributed by atoms with Crippen molar-refractivity contribution in [1.82, 2.24) is 0 Å². The molecule has 0 amide bonds. The van der Waals surface area contributed by atoms with Crippen LogP contribution in [0.1, 0.15) is 26.2 Å². The third-order valence-electron chi connectivity index (χ3n) is 1.73. The molecule has 0 unspecified atom stereocenters. The molecule has 0 fully saturated rings. The highest BCUT2D eigenvalue weighted by atomic mass is 19.1. The molecule has 66 valence electrons. The summed E-state index contributed by atoms with van der Waals surface area (Å²) in [7, 11) is 0. The molecule has 0 N–H and O–H groups in total. The molecular formula is C9H10F2O. The SMILES string of the molecule is CC(=O)CC1=C(F)CCC=C1F. The van der Waals surface area contributed by atoms with Crippen LogP contribution in [0.5, 0.6) is 0 Å². The van der Waals surface area contributed by atoms with Crippen molar-refractivity contribution in [2.75, 3.05) is 0 Å². The molecule has 1 aliphatic rings. The highest BCUT2D eigenvalue weighted by Gasteiger charge is 2.17. The van der Waals surface area contributed by atoms with Gasteiger partial charge in [-0.25, -0.2) is 8.78 Å². The second-order valence-corrected chi connectivity index (χ2v) is 2.85. The van der Waals surface area contributed by atoms with Gasteiger partial charge in [0.25, 0.3) is 0 Å². The first-order chi connectivity index (χ1) is 5.61. The van der Waals surface area contributed by atoms with Crippen molar-refractivity contribution in [1.29, 1.82) is 0 Å². The summed E-state index contributed by atoms with van der Waals surface area (Å²) in [6, 6.07) is 0. The van der Waals surface area contributed by atoms with Crippen molar-refractivity contribution in [3.63, 3.8) is 0 Å². The van der Waals surface area contributed by atoms with Gasteiger partial charge in [0.2, 0.25) is 0 Å². The van der Waals surface area contributed by atoms with Gasteiger partial charge in [-0.2, -0.15) is 0 Å². The van der Waals surface area contributed by atoms with Crippen LogP contribution in [0.4, 0.5) is 8.78 Å². The standard InChI is InChI=1S/C9H10F2O/c1-6(12)5-7-8(10)3-2-4-9(7)11/h3H,2,4-5H2,1H3. The van der Waals surface area contributed by atoms with E-state index < -0.39 is 11.7 Å². The summed E-state index contributed by atoms with van der Waals surface area (Å²) in [4.78, 5) is 10.6. The summed E-state index contributed by atoms with van der Waals surface area (Å²) < 4.78 is 25.8. The highest BCUT2D eigenvalue weighted by Crippen LogP contribution is 2.29. The van der Waals surface area contributed by atoms with Crippen molar-refractivity contribution in [3.05, 3.63) is 23.3 Å². The fourth-order valence-electron chi connectivity index (χ4n) is 1.16. The lowest BCUT2D eigenvalue weighted by Gasteiger charge is -2.09. The van der Waals surface area contributed by atoms with Gasteiger partial charge in [-0.05, 0) is 19.4 Å². The van der Waals surface area contributed by atoms with Gasteiger partial charge >= 0.3 is 0 Å². The van der Waals surface area contributed by atoms with Crippen LogP contribution in [0.2, 0.25) is 0 Å². The maximum atomic E-state index is 12.9. The summed E-state index contributed by atoms with van der Waals surface area (Å²) in [5, 5.41) is 0. The predicted octanol–water partition coefficient (Wildman–Crippen LogP) is 2.84. The van der Waals surface area contributed by atoms with E-state index in [0.717, 1.165) is 0 Å². The minimum absolute atomic E-state index is 0.0613. The molecule has 0 spiro atoms. The van der Waals surface area contributed by atoms with E-state index in [1.807, 2.05) is 0 Å². The zero-order valence-corrected chi connectivity index (χ0v) is 6.86. The summed E-state index contributed by atoms with van der Waals surface area (Å²) >= 11 is 0. The van der Waals surface area contributed by atoms with Gasteiger partial charge < -0.3 is 0 Å². The minimum Gasteiger partial charge on any atom is -0.300 e. The van der Waals surface area contributed by atoms with Crippen LogP contribution in [-0.2, 0) is 4.79 Å². The fourth-order valence-corrected chi connectivity index (χ4v) is 1.16. The van der Waals surface area contributed by atoms with Gasteiger partial charge in [0.1, 0.15) is 17.4 Å². The van der Waals surface area contributed by atoms with Crippen LogP contribution in [0.3, 0.4) is 0 Å². The normalized spacial score (nSPS) is 17.8. The zero-order chi connectivity index (χ0) is 9.14. The van der Waals surface area contributed by atoms with E-state index in [4.69, 9.17) is 0 Å². The highest BCUT2D eigenvalue weighted by molar-refractivity contribution is 5.79. The fraction of sp³-hybridized carbons (Fsp3) is 0.444. The molecule has 0 bridgehead atoms. The van der Waals surface area contributed by atoms with Crippen molar-refractivity contribution in [3.8, 4) is 0 Å². The number of carbonyl (C=O) groups excluding carboxylic acids is 1. The molecule has 0 atom stereocenters. The smallest absolute Gasteiger partial charge is 0.134 e. The number of hydrogen-bond donors (Lipinski definition) is 0. The first-order valence-corrected chi connectivity index (χ1v) is 3.84. The van der Waals surface area contributed by atoms with Crippen molar-refractivity contribution in [2.24, 2.45) is 0 Å². The Balaban J connectivity index is 2.83. The van der Waals surface area contributed by atoms with Crippen LogP contribution < -0.4 is 0 Å². The molecule has 12 heavy (non-hydrogen) atoms. The van der Waals surface area contributed by atoms with Crippen LogP contribution in [0.25, 0.3) is 0 Å². The molecule has 1 nitrogen and oxygen atoms in total. The molecule has 0 aromatic carbocycles. The average molecular weight is 172 g/mol. The van der Waals surface area contributed by atoms with E-state index in [9.17, 15) is 13.6 Å². The number of carbonyl (C=O) groups is 1. The Kier molecular flexibility index (Phi) is 2.74. The topological polar surface area (TPSA) is 17.1 Å². The Morgan fingerprint density at radius 3 is 2.75 bits per heavy atom. The zero-order valence-electron chi connectivity index (χ0n) is 6.86. The monoisotopic (exact) mass is 172 g/mol. The molecule has 0 aliphatic heterocycles. The molecular weight excluding hydrogens is 162 g/mol. The lowest BCUT2D eigenvalue weighted by Crippen LogP contribution is -2.00. The molecule has 0 aromatic heterocycles. The van der Waals surface area contributed by atoms with E-state index in [0.29, 0.717) is 6.42 Å². The Morgan fingerprint density at radius 1 is 1.58 bits per heavy atom. The van der Waals surface area contributed by atoms with Crippen LogP contribution in [0.15, 0.2) is 23.3 Å². The Labute approximate surface area is 69.8 Å². The van der Waals surface area contributed by atoms with Crippen LogP contribution >= 0.6 is 0 Å². The van der Waals surface area contributed by atoms with Crippen LogP contribution in [-0.4, -0.2) is 5.78 Å². The average Bonchev–Trinajstić information content (AvgIpc) is 1.97. The third kappa shape index (κ3) is 2.00. The molecule has 0 aromatic rings. The summed E-state index contributed by atoms with van der Waals surface area (Å²) in [5.41, 5.74) is -0.0613. The summed E-state index contributed by atoms with van der Waals surface area (Å²) in [5.74, 6) is -1.27. The maximum Gasteiger partial charge on any atom is 0.134 e. The number of hydrogen-bond acceptors (Lipinski definition) is 1. The van der Waals surface area contributed by atoms with E-state index in [1.165, 1.54) is 13.0 Å². The first kappa shape index (κ1) is 9.10.